The summed E-state index contributed by atoms with van der Waals surface area (Å²) in [6.45, 7) is 8.79. The Balaban J connectivity index is 2.78. The van der Waals surface area contributed by atoms with Gasteiger partial charge in [-0.05, 0) is 24.8 Å². The highest BCUT2D eigenvalue weighted by atomic mass is 15.3. The van der Waals surface area contributed by atoms with E-state index >= 15 is 0 Å². The van der Waals surface area contributed by atoms with Crippen molar-refractivity contribution in [2.45, 2.75) is 52.5 Å². The van der Waals surface area contributed by atoms with Crippen LogP contribution in [-0.2, 0) is 0 Å². The van der Waals surface area contributed by atoms with Gasteiger partial charge in [0.15, 0.2) is 0 Å². The fourth-order valence-corrected chi connectivity index (χ4v) is 1.53. The molecule has 0 aliphatic rings. The lowest BCUT2D eigenvalue weighted by Crippen LogP contribution is -2.08. The van der Waals surface area contributed by atoms with Gasteiger partial charge in [-0.25, -0.2) is 0 Å². The standard InChI is InChI=1S/C11H20N2/c1-5-10(6-2)13-8-7-11(12-13)9(3)4/h7-10H,5-6H2,1-4H3. The monoisotopic (exact) mass is 180 g/mol. The molecule has 0 amide bonds. The normalized spacial score (nSPS) is 11.5. The van der Waals surface area contributed by atoms with Gasteiger partial charge in [0.25, 0.3) is 0 Å². The second-order valence-electron chi connectivity index (χ2n) is 3.85. The molecule has 0 saturated heterocycles. The van der Waals surface area contributed by atoms with Crippen molar-refractivity contribution in [2.24, 2.45) is 0 Å². The van der Waals surface area contributed by atoms with Gasteiger partial charge in [-0.1, -0.05) is 27.7 Å². The van der Waals surface area contributed by atoms with Crippen LogP contribution >= 0.6 is 0 Å². The SMILES string of the molecule is CCC(CC)n1ccc(C(C)C)n1. The van der Waals surface area contributed by atoms with Gasteiger partial charge in [-0.15, -0.1) is 0 Å². The van der Waals surface area contributed by atoms with E-state index in [4.69, 9.17) is 0 Å². The average Bonchev–Trinajstić information content (AvgIpc) is 2.56. The largest absolute Gasteiger partial charge is 0.269 e. The maximum Gasteiger partial charge on any atom is 0.0650 e. The van der Waals surface area contributed by atoms with Crippen LogP contribution in [0.5, 0.6) is 0 Å². The van der Waals surface area contributed by atoms with Crippen LogP contribution in [0.4, 0.5) is 0 Å². The lowest BCUT2D eigenvalue weighted by molar-refractivity contribution is 0.424. The molecule has 0 N–H and O–H groups in total. The van der Waals surface area contributed by atoms with Crippen molar-refractivity contribution in [1.82, 2.24) is 9.78 Å². The molecule has 1 aromatic rings. The molecule has 0 atom stereocenters. The summed E-state index contributed by atoms with van der Waals surface area (Å²) in [5.74, 6) is 0.538. The minimum absolute atomic E-state index is 0.538. The predicted molar refractivity (Wildman–Crippen MR) is 55.9 cm³/mol. The van der Waals surface area contributed by atoms with E-state index in [1.54, 1.807) is 0 Å². The van der Waals surface area contributed by atoms with Crippen molar-refractivity contribution in [2.75, 3.05) is 0 Å². The van der Waals surface area contributed by atoms with Crippen LogP contribution < -0.4 is 0 Å². The second kappa shape index (κ2) is 4.45. The summed E-state index contributed by atoms with van der Waals surface area (Å²) in [6.07, 6.45) is 4.43. The molecule has 0 aromatic carbocycles. The summed E-state index contributed by atoms with van der Waals surface area (Å²) in [5.41, 5.74) is 1.20. The number of hydrogen-bond acceptors (Lipinski definition) is 1. The zero-order chi connectivity index (χ0) is 9.84. The van der Waals surface area contributed by atoms with E-state index in [0.29, 0.717) is 12.0 Å². The van der Waals surface area contributed by atoms with Crippen LogP contribution in [0.2, 0.25) is 0 Å². The Morgan fingerprint density at radius 3 is 2.31 bits per heavy atom. The fourth-order valence-electron chi connectivity index (χ4n) is 1.53. The third kappa shape index (κ3) is 2.33. The molecule has 0 aliphatic heterocycles. The molecule has 2 nitrogen and oxygen atoms in total. The van der Waals surface area contributed by atoms with E-state index < -0.39 is 0 Å². The summed E-state index contributed by atoms with van der Waals surface area (Å²) < 4.78 is 2.11. The Morgan fingerprint density at radius 2 is 1.92 bits per heavy atom. The minimum atomic E-state index is 0.538. The highest BCUT2D eigenvalue weighted by molar-refractivity contribution is 5.04. The lowest BCUT2D eigenvalue weighted by Gasteiger charge is -2.12. The molecule has 0 radical (unpaired) electrons. The topological polar surface area (TPSA) is 17.8 Å². The zero-order valence-corrected chi connectivity index (χ0v) is 9.12. The first kappa shape index (κ1) is 10.3. The highest BCUT2D eigenvalue weighted by Gasteiger charge is 2.08. The zero-order valence-electron chi connectivity index (χ0n) is 9.12. The highest BCUT2D eigenvalue weighted by Crippen LogP contribution is 2.17. The first-order valence-electron chi connectivity index (χ1n) is 5.24. The minimum Gasteiger partial charge on any atom is -0.269 e. The number of aromatic nitrogens is 2. The van der Waals surface area contributed by atoms with Crippen LogP contribution in [-0.4, -0.2) is 9.78 Å². The third-order valence-corrected chi connectivity index (χ3v) is 2.54. The van der Waals surface area contributed by atoms with Crippen LogP contribution in [0, 0.1) is 0 Å². The van der Waals surface area contributed by atoms with Crippen molar-refractivity contribution < 1.29 is 0 Å². The van der Waals surface area contributed by atoms with Crippen LogP contribution in [0.15, 0.2) is 12.3 Å². The Labute approximate surface area is 81.0 Å². The number of nitrogens with zero attached hydrogens (tertiary/aromatic N) is 2. The fraction of sp³-hybridized carbons (Fsp3) is 0.727. The Kier molecular flexibility index (Phi) is 3.52. The molecule has 0 bridgehead atoms. The molecule has 0 spiro atoms. The summed E-state index contributed by atoms with van der Waals surface area (Å²) in [4.78, 5) is 0. The van der Waals surface area contributed by atoms with Gasteiger partial charge in [0.2, 0.25) is 0 Å². The van der Waals surface area contributed by atoms with Crippen molar-refractivity contribution in [1.29, 1.82) is 0 Å². The Bertz CT molecular complexity index is 246. The Morgan fingerprint density at radius 1 is 1.31 bits per heavy atom. The molecule has 1 heterocycles. The summed E-state index contributed by atoms with van der Waals surface area (Å²) in [6, 6.07) is 2.70. The van der Waals surface area contributed by atoms with Gasteiger partial charge in [-0.3, -0.25) is 4.68 Å². The van der Waals surface area contributed by atoms with Crippen molar-refractivity contribution in [3.8, 4) is 0 Å². The van der Waals surface area contributed by atoms with Crippen molar-refractivity contribution >= 4 is 0 Å². The molecule has 74 valence electrons. The van der Waals surface area contributed by atoms with E-state index in [-0.39, 0.29) is 0 Å². The molecule has 1 aromatic heterocycles. The second-order valence-corrected chi connectivity index (χ2v) is 3.85. The quantitative estimate of drug-likeness (QED) is 0.694. The van der Waals surface area contributed by atoms with E-state index in [9.17, 15) is 0 Å². The summed E-state index contributed by atoms with van der Waals surface area (Å²) in [7, 11) is 0. The lowest BCUT2D eigenvalue weighted by atomic mass is 10.1. The number of hydrogen-bond donors (Lipinski definition) is 0. The van der Waals surface area contributed by atoms with Gasteiger partial charge in [0.05, 0.1) is 11.7 Å². The van der Waals surface area contributed by atoms with E-state index in [0.717, 1.165) is 12.8 Å². The van der Waals surface area contributed by atoms with Gasteiger partial charge < -0.3 is 0 Å². The average molecular weight is 180 g/mol. The molecule has 0 saturated carbocycles. The van der Waals surface area contributed by atoms with Crippen molar-refractivity contribution in [3.05, 3.63) is 18.0 Å². The first-order chi connectivity index (χ1) is 6.19. The Hall–Kier alpha value is -0.790. The molecule has 0 aliphatic carbocycles. The first-order valence-corrected chi connectivity index (χ1v) is 5.24. The van der Waals surface area contributed by atoms with Gasteiger partial charge in [-0.2, -0.15) is 5.10 Å². The molecule has 13 heavy (non-hydrogen) atoms. The molecule has 1 rings (SSSR count). The molecule has 2 heteroatoms. The maximum absolute atomic E-state index is 4.57. The number of rotatable bonds is 4. The van der Waals surface area contributed by atoms with Gasteiger partial charge >= 0.3 is 0 Å². The molecule has 0 unspecified atom stereocenters. The molecular formula is C11H20N2. The smallest absolute Gasteiger partial charge is 0.0650 e. The van der Waals surface area contributed by atoms with Crippen LogP contribution in [0.3, 0.4) is 0 Å². The maximum atomic E-state index is 4.57. The summed E-state index contributed by atoms with van der Waals surface area (Å²) in [5, 5.41) is 4.57. The predicted octanol–water partition coefficient (Wildman–Crippen LogP) is 3.37. The molecular weight excluding hydrogens is 160 g/mol. The van der Waals surface area contributed by atoms with E-state index in [1.165, 1.54) is 5.69 Å². The van der Waals surface area contributed by atoms with Gasteiger partial charge in [0.1, 0.15) is 0 Å². The van der Waals surface area contributed by atoms with Crippen LogP contribution in [0.25, 0.3) is 0 Å². The van der Waals surface area contributed by atoms with Crippen LogP contribution in [0.1, 0.15) is 58.2 Å². The third-order valence-electron chi connectivity index (χ3n) is 2.54. The van der Waals surface area contributed by atoms with E-state index in [2.05, 4.69) is 49.7 Å². The van der Waals surface area contributed by atoms with Crippen molar-refractivity contribution in [3.63, 3.8) is 0 Å². The summed E-state index contributed by atoms with van der Waals surface area (Å²) >= 11 is 0. The van der Waals surface area contributed by atoms with E-state index in [1.807, 2.05) is 0 Å². The molecule has 0 fully saturated rings. The van der Waals surface area contributed by atoms with Gasteiger partial charge in [0, 0.05) is 6.20 Å².